The minimum absolute atomic E-state index is 0.119. The van der Waals surface area contributed by atoms with Gasteiger partial charge in [0.05, 0.1) is 30.5 Å². The Balaban J connectivity index is 1.43. The first kappa shape index (κ1) is 23.5. The molecule has 4 heterocycles. The molecule has 1 aliphatic carbocycles. The van der Waals surface area contributed by atoms with Gasteiger partial charge in [-0.2, -0.15) is 18.3 Å². The summed E-state index contributed by atoms with van der Waals surface area (Å²) in [7, 11) is 0. The number of carbonyl (C=O) groups excluding carboxylic acids is 1. The van der Waals surface area contributed by atoms with Crippen LogP contribution in [0.2, 0.25) is 0 Å². The molecule has 1 aliphatic rings. The fourth-order valence-corrected chi connectivity index (χ4v) is 3.61. The summed E-state index contributed by atoms with van der Waals surface area (Å²) in [5.41, 5.74) is -0.793. The molecule has 1 fully saturated rings. The highest BCUT2D eigenvalue weighted by atomic mass is 19.4. The van der Waals surface area contributed by atoms with Crippen LogP contribution < -0.4 is 5.32 Å². The highest BCUT2D eigenvalue weighted by molar-refractivity contribution is 6.03. The van der Waals surface area contributed by atoms with Crippen molar-refractivity contribution >= 4 is 11.7 Å². The molecular weight excluding hydrogens is 479 g/mol. The number of nitrogens with one attached hydrogen (secondary N) is 1. The number of alkyl halides is 3. The zero-order valence-electron chi connectivity index (χ0n) is 18.9. The summed E-state index contributed by atoms with van der Waals surface area (Å²) in [6.07, 6.45) is 0.737. The minimum atomic E-state index is -4.66. The maximum Gasteiger partial charge on any atom is 0.418 e. The molecule has 4 aromatic rings. The zero-order valence-corrected chi connectivity index (χ0v) is 18.9. The van der Waals surface area contributed by atoms with E-state index in [-0.39, 0.29) is 41.1 Å². The Hall–Kier alpha value is -4.20. The zero-order chi connectivity index (χ0) is 25.4. The Bertz CT molecular complexity index is 1410. The van der Waals surface area contributed by atoms with Crippen LogP contribution in [0.25, 0.3) is 22.6 Å². The summed E-state index contributed by atoms with van der Waals surface area (Å²) in [6, 6.07) is 5.62. The molecule has 186 valence electrons. The number of tetrazole rings is 1. The van der Waals surface area contributed by atoms with E-state index in [1.165, 1.54) is 16.9 Å². The van der Waals surface area contributed by atoms with Crippen LogP contribution in [0.5, 0.6) is 0 Å². The molecule has 36 heavy (non-hydrogen) atoms. The van der Waals surface area contributed by atoms with Crippen molar-refractivity contribution in [3.63, 3.8) is 0 Å². The number of carbonyl (C=O) groups is 1. The lowest BCUT2D eigenvalue weighted by Crippen LogP contribution is -2.17. The van der Waals surface area contributed by atoms with Gasteiger partial charge in [-0.25, -0.2) is 9.67 Å². The van der Waals surface area contributed by atoms with Crippen LogP contribution in [-0.2, 0) is 6.18 Å². The molecule has 2 N–H and O–H groups in total. The van der Waals surface area contributed by atoms with Crippen molar-refractivity contribution in [1.29, 1.82) is 0 Å². The third-order valence-electron chi connectivity index (χ3n) is 5.67. The van der Waals surface area contributed by atoms with E-state index < -0.39 is 23.7 Å². The number of aliphatic hydroxyl groups excluding tert-OH is 1. The van der Waals surface area contributed by atoms with Gasteiger partial charge in [-0.1, -0.05) is 6.07 Å². The molecule has 0 unspecified atom stereocenters. The van der Waals surface area contributed by atoms with Gasteiger partial charge in [-0.3, -0.25) is 14.5 Å². The first-order valence-corrected chi connectivity index (χ1v) is 11.0. The van der Waals surface area contributed by atoms with Gasteiger partial charge in [0.15, 0.2) is 0 Å². The van der Waals surface area contributed by atoms with Crippen molar-refractivity contribution < 1.29 is 23.1 Å². The number of rotatable bonds is 7. The molecule has 1 saturated carbocycles. The molecule has 4 aromatic heterocycles. The highest BCUT2D eigenvalue weighted by Crippen LogP contribution is 2.39. The van der Waals surface area contributed by atoms with E-state index in [0.29, 0.717) is 11.9 Å². The number of hydrogen-bond donors (Lipinski definition) is 2. The molecule has 0 spiro atoms. The maximum atomic E-state index is 13.7. The van der Waals surface area contributed by atoms with Crippen LogP contribution in [0.3, 0.4) is 0 Å². The van der Waals surface area contributed by atoms with E-state index in [4.69, 9.17) is 0 Å². The summed E-state index contributed by atoms with van der Waals surface area (Å²) < 4.78 is 44.0. The molecule has 14 heteroatoms. The molecule has 0 aliphatic heterocycles. The number of hydrogen-bond acceptors (Lipinski definition) is 8. The second kappa shape index (κ2) is 9.11. The van der Waals surface area contributed by atoms with E-state index in [1.54, 1.807) is 29.9 Å². The predicted octanol–water partition coefficient (Wildman–Crippen LogP) is 3.15. The van der Waals surface area contributed by atoms with E-state index in [9.17, 15) is 23.1 Å². The summed E-state index contributed by atoms with van der Waals surface area (Å²) in [4.78, 5) is 21.0. The van der Waals surface area contributed by atoms with Crippen molar-refractivity contribution in [2.75, 3.05) is 11.9 Å². The molecule has 0 saturated heterocycles. The van der Waals surface area contributed by atoms with E-state index in [1.807, 2.05) is 0 Å². The number of pyridine rings is 2. The standard InChI is InChI=1S/C22H20F3N9O2/c1-12(11-35)34-20(30-31-32-34)17-3-2-4-19(28-17)29-21(36)18-7-15(16(9-26-18)22(23,24)25)13-8-27-33(10-13)14-5-6-14/h2-4,7-10,12,14,35H,5-6,11H2,1H3,(H,28,29,36)/t12-/m1/s1. The van der Waals surface area contributed by atoms with Gasteiger partial charge in [0, 0.05) is 23.5 Å². The Morgan fingerprint density at radius 2 is 2.08 bits per heavy atom. The third-order valence-corrected chi connectivity index (χ3v) is 5.67. The average Bonchev–Trinajstić information content (AvgIpc) is 3.38. The second-order valence-electron chi connectivity index (χ2n) is 8.39. The summed E-state index contributed by atoms with van der Waals surface area (Å²) >= 11 is 0. The van der Waals surface area contributed by atoms with Crippen LogP contribution in [0.4, 0.5) is 19.0 Å². The molecule has 0 bridgehead atoms. The average molecular weight is 499 g/mol. The fourth-order valence-electron chi connectivity index (χ4n) is 3.61. The fraction of sp³-hybridized carbons (Fsp3) is 0.318. The molecule has 11 nitrogen and oxygen atoms in total. The predicted molar refractivity (Wildman–Crippen MR) is 120 cm³/mol. The van der Waals surface area contributed by atoms with E-state index in [2.05, 4.69) is 35.9 Å². The van der Waals surface area contributed by atoms with Gasteiger partial charge in [0.2, 0.25) is 5.82 Å². The van der Waals surface area contributed by atoms with Gasteiger partial charge in [-0.15, -0.1) is 5.10 Å². The number of nitrogens with zero attached hydrogens (tertiary/aromatic N) is 8. The smallest absolute Gasteiger partial charge is 0.394 e. The molecule has 1 amide bonds. The highest BCUT2D eigenvalue weighted by Gasteiger charge is 2.35. The molecule has 5 rings (SSSR count). The number of aromatic nitrogens is 8. The van der Waals surface area contributed by atoms with Crippen molar-refractivity contribution in [3.05, 3.63) is 54.1 Å². The Morgan fingerprint density at radius 3 is 2.81 bits per heavy atom. The second-order valence-corrected chi connectivity index (χ2v) is 8.39. The van der Waals surface area contributed by atoms with Crippen LogP contribution in [-0.4, -0.2) is 57.6 Å². The monoisotopic (exact) mass is 499 g/mol. The van der Waals surface area contributed by atoms with Crippen LogP contribution in [0.15, 0.2) is 42.9 Å². The molecule has 0 radical (unpaired) electrons. The Morgan fingerprint density at radius 1 is 1.28 bits per heavy atom. The SMILES string of the molecule is C[C@H](CO)n1nnnc1-c1cccc(NC(=O)c2cc(-c3cnn(C4CC4)c3)c(C(F)(F)F)cn2)n1. The number of halogens is 3. The Labute approximate surface area is 202 Å². The summed E-state index contributed by atoms with van der Waals surface area (Å²) in [5, 5.41) is 27.5. The number of anilines is 1. The van der Waals surface area contributed by atoms with Crippen molar-refractivity contribution in [2.24, 2.45) is 0 Å². The van der Waals surface area contributed by atoms with Crippen molar-refractivity contribution in [2.45, 2.75) is 38.0 Å². The van der Waals surface area contributed by atoms with E-state index in [0.717, 1.165) is 18.9 Å². The van der Waals surface area contributed by atoms with E-state index >= 15 is 0 Å². The molecule has 0 aromatic carbocycles. The molecular formula is C22H20F3N9O2. The topological polar surface area (TPSA) is 137 Å². The van der Waals surface area contributed by atoms with Crippen LogP contribution >= 0.6 is 0 Å². The van der Waals surface area contributed by atoms with Gasteiger partial charge in [0.1, 0.15) is 17.2 Å². The van der Waals surface area contributed by atoms with Crippen LogP contribution in [0, 0.1) is 0 Å². The van der Waals surface area contributed by atoms with Crippen LogP contribution in [0.1, 0.15) is 47.9 Å². The van der Waals surface area contributed by atoms with Gasteiger partial charge >= 0.3 is 6.18 Å². The Kier molecular flexibility index (Phi) is 5.96. The lowest BCUT2D eigenvalue weighted by atomic mass is 10.0. The lowest BCUT2D eigenvalue weighted by molar-refractivity contribution is -0.137. The molecule has 1 atom stereocenters. The minimum Gasteiger partial charge on any atom is -0.394 e. The van der Waals surface area contributed by atoms with Crippen molar-refractivity contribution in [1.82, 2.24) is 40.0 Å². The number of aliphatic hydroxyl groups is 1. The van der Waals surface area contributed by atoms with Gasteiger partial charge in [-0.05, 0) is 48.4 Å². The number of amides is 1. The third kappa shape index (κ3) is 4.66. The summed E-state index contributed by atoms with van der Waals surface area (Å²) in [6.45, 7) is 1.52. The maximum absolute atomic E-state index is 13.7. The van der Waals surface area contributed by atoms with Gasteiger partial charge in [0.25, 0.3) is 5.91 Å². The normalized spacial score (nSPS) is 14.6. The quantitative estimate of drug-likeness (QED) is 0.396. The van der Waals surface area contributed by atoms with Crippen molar-refractivity contribution in [3.8, 4) is 22.6 Å². The summed E-state index contributed by atoms with van der Waals surface area (Å²) in [5.74, 6) is -0.351. The first-order valence-electron chi connectivity index (χ1n) is 11.0. The first-order chi connectivity index (χ1) is 17.2. The lowest BCUT2D eigenvalue weighted by Gasteiger charge is -2.13. The van der Waals surface area contributed by atoms with Gasteiger partial charge < -0.3 is 10.4 Å². The largest absolute Gasteiger partial charge is 0.418 e.